The van der Waals surface area contributed by atoms with Crippen molar-refractivity contribution in [1.29, 1.82) is 0 Å². The van der Waals surface area contributed by atoms with Gasteiger partial charge < -0.3 is 20.7 Å². The first-order chi connectivity index (χ1) is 18.2. The summed E-state index contributed by atoms with van der Waals surface area (Å²) in [5.41, 5.74) is 6.33. The van der Waals surface area contributed by atoms with Crippen LogP contribution in [0.25, 0.3) is 37.6 Å². The summed E-state index contributed by atoms with van der Waals surface area (Å²) in [7, 11) is 1.67. The van der Waals surface area contributed by atoms with Crippen molar-refractivity contribution in [3.8, 4) is 21.7 Å². The number of rotatable bonds is 9. The van der Waals surface area contributed by atoms with Crippen LogP contribution in [0.15, 0.2) is 42.9 Å². The van der Waals surface area contributed by atoms with Crippen LogP contribution in [-0.4, -0.2) is 58.8 Å². The van der Waals surface area contributed by atoms with Gasteiger partial charge in [-0.15, -0.1) is 22.7 Å². The number of thiazole rings is 1. The van der Waals surface area contributed by atoms with E-state index >= 15 is 0 Å². The van der Waals surface area contributed by atoms with Crippen molar-refractivity contribution in [2.24, 2.45) is 0 Å². The molecule has 3 N–H and O–H groups in total. The standard InChI is InChI=1S/C26H27N7O2S2/c1-35-11-10-27-9-7-23(34)32-26-24(18-6-8-28-13-21(18)37-26)25-31-19-4-2-16(12-20(19)36-25)17-3-5-22-29-15-30-33(22)14-17/h2-5,12,14-15,27-28H,6-11,13H2,1H3,(H,32,34). The Balaban J connectivity index is 1.30. The largest absolute Gasteiger partial charge is 0.383 e. The van der Waals surface area contributed by atoms with Crippen LogP contribution >= 0.6 is 22.7 Å². The number of nitrogens with one attached hydrogen (secondary N) is 3. The SMILES string of the molecule is COCCNCCC(=O)Nc1sc2c(c1-c1nc3ccc(-c4ccc5ncnn5c4)cc3s1)CCNC2. The lowest BCUT2D eigenvalue weighted by atomic mass is 10.0. The second kappa shape index (κ2) is 10.6. The minimum absolute atomic E-state index is 0.00428. The molecule has 0 atom stereocenters. The molecule has 0 unspecified atom stereocenters. The number of benzene rings is 1. The molecule has 4 aromatic heterocycles. The number of ether oxygens (including phenoxy) is 1. The third-order valence-electron chi connectivity index (χ3n) is 6.40. The zero-order valence-corrected chi connectivity index (χ0v) is 22.0. The summed E-state index contributed by atoms with van der Waals surface area (Å²) < 4.78 is 7.94. The Morgan fingerprint density at radius 2 is 2.11 bits per heavy atom. The molecule has 0 saturated heterocycles. The van der Waals surface area contributed by atoms with E-state index in [2.05, 4.69) is 50.3 Å². The summed E-state index contributed by atoms with van der Waals surface area (Å²) in [5, 5.41) is 16.0. The van der Waals surface area contributed by atoms with E-state index in [4.69, 9.17) is 9.72 Å². The highest BCUT2D eigenvalue weighted by Crippen LogP contribution is 2.45. The number of thiophene rings is 1. The van der Waals surface area contributed by atoms with E-state index in [0.717, 1.165) is 68.6 Å². The zero-order chi connectivity index (χ0) is 25.2. The van der Waals surface area contributed by atoms with Crippen molar-refractivity contribution in [3.63, 3.8) is 0 Å². The molecule has 190 valence electrons. The van der Waals surface area contributed by atoms with E-state index in [1.165, 1.54) is 10.4 Å². The fraction of sp³-hybridized carbons (Fsp3) is 0.308. The van der Waals surface area contributed by atoms with Gasteiger partial charge in [0.2, 0.25) is 5.91 Å². The maximum Gasteiger partial charge on any atom is 0.226 e. The van der Waals surface area contributed by atoms with Gasteiger partial charge in [0.1, 0.15) is 16.3 Å². The number of fused-ring (bicyclic) bond motifs is 3. The minimum Gasteiger partial charge on any atom is -0.383 e. The van der Waals surface area contributed by atoms with Gasteiger partial charge in [0.15, 0.2) is 5.65 Å². The molecular formula is C26H27N7O2S2. The van der Waals surface area contributed by atoms with Crippen LogP contribution in [0.5, 0.6) is 0 Å². The molecule has 0 bridgehead atoms. The van der Waals surface area contributed by atoms with Crippen LogP contribution in [0.1, 0.15) is 16.9 Å². The summed E-state index contributed by atoms with van der Waals surface area (Å²) in [6.07, 6.45) is 4.88. The molecule has 1 aliphatic heterocycles. The number of nitrogens with zero attached hydrogens (tertiary/aromatic N) is 4. The molecule has 1 amide bonds. The molecule has 0 aliphatic carbocycles. The van der Waals surface area contributed by atoms with E-state index in [1.807, 2.05) is 12.3 Å². The summed E-state index contributed by atoms with van der Waals surface area (Å²) in [4.78, 5) is 23.3. The quantitative estimate of drug-likeness (QED) is 0.247. The van der Waals surface area contributed by atoms with Crippen LogP contribution in [0.2, 0.25) is 0 Å². The van der Waals surface area contributed by atoms with Crippen molar-refractivity contribution in [2.75, 3.05) is 38.7 Å². The smallest absolute Gasteiger partial charge is 0.226 e. The number of aromatic nitrogens is 4. The van der Waals surface area contributed by atoms with Crippen molar-refractivity contribution in [2.45, 2.75) is 19.4 Å². The first-order valence-electron chi connectivity index (χ1n) is 12.2. The van der Waals surface area contributed by atoms with Crippen LogP contribution in [0.3, 0.4) is 0 Å². The Morgan fingerprint density at radius 3 is 3.03 bits per heavy atom. The van der Waals surface area contributed by atoms with Gasteiger partial charge in [0, 0.05) is 55.4 Å². The van der Waals surface area contributed by atoms with Gasteiger partial charge in [-0.2, -0.15) is 5.10 Å². The van der Waals surface area contributed by atoms with Crippen LogP contribution in [0, 0.1) is 0 Å². The first-order valence-corrected chi connectivity index (χ1v) is 13.9. The highest BCUT2D eigenvalue weighted by atomic mass is 32.1. The molecule has 9 nitrogen and oxygen atoms in total. The van der Waals surface area contributed by atoms with Gasteiger partial charge in [-0.05, 0) is 48.4 Å². The van der Waals surface area contributed by atoms with E-state index in [0.29, 0.717) is 19.6 Å². The van der Waals surface area contributed by atoms with Crippen LogP contribution in [0.4, 0.5) is 5.00 Å². The minimum atomic E-state index is 0.00428. The van der Waals surface area contributed by atoms with Crippen molar-refractivity contribution in [1.82, 2.24) is 30.2 Å². The van der Waals surface area contributed by atoms with Crippen LogP contribution in [-0.2, 0) is 22.5 Å². The average molecular weight is 534 g/mol. The molecule has 0 radical (unpaired) electrons. The number of hydrogen-bond donors (Lipinski definition) is 3. The molecule has 6 rings (SSSR count). The van der Waals surface area contributed by atoms with Gasteiger partial charge in [-0.3, -0.25) is 4.79 Å². The second-order valence-corrected chi connectivity index (χ2v) is 11.0. The zero-order valence-electron chi connectivity index (χ0n) is 20.4. The monoisotopic (exact) mass is 533 g/mol. The normalized spacial score (nSPS) is 13.3. The highest BCUT2D eigenvalue weighted by Gasteiger charge is 2.25. The molecule has 0 spiro atoms. The molecule has 5 aromatic rings. The van der Waals surface area contributed by atoms with Crippen LogP contribution < -0.4 is 16.0 Å². The van der Waals surface area contributed by atoms with Gasteiger partial charge >= 0.3 is 0 Å². The fourth-order valence-electron chi connectivity index (χ4n) is 4.54. The van der Waals surface area contributed by atoms with E-state index < -0.39 is 0 Å². The average Bonchev–Trinajstić information content (AvgIpc) is 3.63. The molecule has 1 aromatic carbocycles. The lowest BCUT2D eigenvalue weighted by molar-refractivity contribution is -0.116. The maximum absolute atomic E-state index is 12.8. The van der Waals surface area contributed by atoms with Crippen molar-refractivity contribution < 1.29 is 9.53 Å². The fourth-order valence-corrected chi connectivity index (χ4v) is 6.92. The molecule has 0 fully saturated rings. The Morgan fingerprint density at radius 1 is 1.19 bits per heavy atom. The van der Waals surface area contributed by atoms with E-state index in [9.17, 15) is 4.79 Å². The number of carbonyl (C=O) groups is 1. The predicted molar refractivity (Wildman–Crippen MR) is 148 cm³/mol. The predicted octanol–water partition coefficient (Wildman–Crippen LogP) is 3.94. The lowest BCUT2D eigenvalue weighted by Crippen LogP contribution is -2.24. The summed E-state index contributed by atoms with van der Waals surface area (Å²) in [6.45, 7) is 3.72. The van der Waals surface area contributed by atoms with Crippen molar-refractivity contribution in [3.05, 3.63) is 53.3 Å². The number of pyridine rings is 1. The Kier molecular flexibility index (Phi) is 6.94. The van der Waals surface area contributed by atoms with Gasteiger partial charge in [0.25, 0.3) is 0 Å². The second-order valence-electron chi connectivity index (χ2n) is 8.86. The first kappa shape index (κ1) is 24.1. The van der Waals surface area contributed by atoms with Gasteiger partial charge in [-0.1, -0.05) is 6.07 Å². The summed E-state index contributed by atoms with van der Waals surface area (Å²) in [6, 6.07) is 10.4. The number of carbonyl (C=O) groups excluding carboxylic acids is 1. The highest BCUT2D eigenvalue weighted by molar-refractivity contribution is 7.23. The molecule has 5 heterocycles. The molecule has 1 aliphatic rings. The number of anilines is 1. The Labute approximate surface area is 221 Å². The number of amides is 1. The van der Waals surface area contributed by atoms with Gasteiger partial charge in [0.05, 0.1) is 16.8 Å². The van der Waals surface area contributed by atoms with Gasteiger partial charge in [-0.25, -0.2) is 14.5 Å². The molecule has 37 heavy (non-hydrogen) atoms. The number of methoxy groups -OCH3 is 1. The van der Waals surface area contributed by atoms with Crippen molar-refractivity contribution >= 4 is 49.4 Å². The summed E-state index contributed by atoms with van der Waals surface area (Å²) in [5.74, 6) is 0.00428. The number of hydrogen-bond acceptors (Lipinski definition) is 9. The third kappa shape index (κ3) is 5.00. The summed E-state index contributed by atoms with van der Waals surface area (Å²) >= 11 is 3.33. The Hall–Kier alpha value is -3.22. The molecule has 11 heteroatoms. The van der Waals surface area contributed by atoms with E-state index in [-0.39, 0.29) is 5.91 Å². The molecular weight excluding hydrogens is 506 g/mol. The third-order valence-corrected chi connectivity index (χ3v) is 8.59. The molecule has 0 saturated carbocycles. The van der Waals surface area contributed by atoms with E-state index in [1.54, 1.807) is 40.6 Å². The lowest BCUT2D eigenvalue weighted by Gasteiger charge is -2.13. The Bertz CT molecular complexity index is 1570. The maximum atomic E-state index is 12.8. The topological polar surface area (TPSA) is 105 Å².